The molecule has 0 aromatic carbocycles. The molecule has 3 nitrogen and oxygen atoms in total. The summed E-state index contributed by atoms with van der Waals surface area (Å²) in [6.45, 7) is -0.0466. The van der Waals surface area contributed by atoms with Gasteiger partial charge in [0.05, 0.1) is 6.61 Å². The first-order valence-corrected chi connectivity index (χ1v) is 3.17. The van der Waals surface area contributed by atoms with Gasteiger partial charge >= 0.3 is 12.1 Å². The van der Waals surface area contributed by atoms with Gasteiger partial charge in [0.2, 0.25) is 0 Å². The van der Waals surface area contributed by atoms with Crippen LogP contribution in [0.3, 0.4) is 0 Å². The minimum atomic E-state index is -4.50. The summed E-state index contributed by atoms with van der Waals surface area (Å²) in [4.78, 5) is 10.3. The molecule has 0 saturated carbocycles. The quantitative estimate of drug-likeness (QED) is 0.487. The lowest BCUT2D eigenvalue weighted by Crippen LogP contribution is -2.18. The molecule has 0 aliphatic heterocycles. The van der Waals surface area contributed by atoms with Gasteiger partial charge in [-0.05, 0) is 0 Å². The second-order valence-electron chi connectivity index (χ2n) is 2.01. The zero-order chi connectivity index (χ0) is 9.61. The van der Waals surface area contributed by atoms with E-state index in [4.69, 9.17) is 0 Å². The smallest absolute Gasteiger partial charge is 0.399 e. The van der Waals surface area contributed by atoms with E-state index in [1.165, 1.54) is 7.11 Å². The largest absolute Gasteiger partial charge is 0.463 e. The summed E-state index contributed by atoms with van der Waals surface area (Å²) in [5.41, 5.74) is 0. The molecule has 0 aromatic heterocycles. The predicted molar refractivity (Wildman–Crippen MR) is 33.5 cm³/mol. The Labute approximate surface area is 67.4 Å². The molecular formula is C6H9F3O3. The predicted octanol–water partition coefficient (Wildman–Crippen LogP) is 1.13. The van der Waals surface area contributed by atoms with Gasteiger partial charge in [-0.25, -0.2) is 0 Å². The summed E-state index contributed by atoms with van der Waals surface area (Å²) < 4.78 is 43.1. The van der Waals surface area contributed by atoms with Crippen LogP contribution in [0.1, 0.15) is 6.42 Å². The van der Waals surface area contributed by atoms with Crippen LogP contribution in [0.25, 0.3) is 0 Å². The molecule has 0 heterocycles. The summed E-state index contributed by atoms with van der Waals surface area (Å²) in [5, 5.41) is 0. The maximum absolute atomic E-state index is 11.5. The summed E-state index contributed by atoms with van der Waals surface area (Å²) in [7, 11) is 1.36. The van der Waals surface area contributed by atoms with E-state index in [0.717, 1.165) is 0 Å². The van der Waals surface area contributed by atoms with Crippen LogP contribution < -0.4 is 0 Å². The maximum Gasteiger partial charge on any atom is 0.399 e. The van der Waals surface area contributed by atoms with E-state index >= 15 is 0 Å². The van der Waals surface area contributed by atoms with Crippen LogP contribution in [0.15, 0.2) is 0 Å². The Morgan fingerprint density at radius 2 is 1.92 bits per heavy atom. The summed E-state index contributed by atoms with van der Waals surface area (Å²) in [6, 6.07) is 0. The zero-order valence-electron chi connectivity index (χ0n) is 6.48. The van der Waals surface area contributed by atoms with E-state index < -0.39 is 18.6 Å². The minimum absolute atomic E-state index is 0.101. The molecule has 0 spiro atoms. The van der Waals surface area contributed by atoms with Crippen molar-refractivity contribution in [2.45, 2.75) is 12.6 Å². The number of carbonyl (C=O) groups excluding carboxylic acids is 1. The van der Waals surface area contributed by atoms with Gasteiger partial charge in [-0.3, -0.25) is 4.79 Å². The molecule has 0 amide bonds. The third kappa shape index (κ3) is 7.33. The average molecular weight is 186 g/mol. The Morgan fingerprint density at radius 3 is 2.33 bits per heavy atom. The second-order valence-corrected chi connectivity index (χ2v) is 2.01. The lowest BCUT2D eigenvalue weighted by molar-refractivity contribution is -0.172. The van der Waals surface area contributed by atoms with Crippen molar-refractivity contribution in [2.75, 3.05) is 20.3 Å². The monoisotopic (exact) mass is 186 g/mol. The van der Waals surface area contributed by atoms with E-state index in [1.54, 1.807) is 0 Å². The molecule has 0 radical (unpaired) electrons. The standard InChI is InChI=1S/C6H9F3O3/c1-11-2-3-12-5(10)4-6(7,8)9/h2-4H2,1H3. The van der Waals surface area contributed by atoms with Gasteiger partial charge in [0, 0.05) is 7.11 Å². The van der Waals surface area contributed by atoms with Crippen molar-refractivity contribution in [3.05, 3.63) is 0 Å². The SMILES string of the molecule is COCCOC(=O)CC(F)(F)F. The molecular weight excluding hydrogens is 177 g/mol. The van der Waals surface area contributed by atoms with Crippen molar-refractivity contribution >= 4 is 5.97 Å². The molecule has 0 fully saturated rings. The van der Waals surface area contributed by atoms with Crippen LogP contribution in [0.5, 0.6) is 0 Å². The number of carbonyl (C=O) groups is 1. The van der Waals surface area contributed by atoms with Crippen LogP contribution >= 0.6 is 0 Å². The van der Waals surface area contributed by atoms with Crippen LogP contribution in [0.4, 0.5) is 13.2 Å². The second kappa shape index (κ2) is 4.97. The van der Waals surface area contributed by atoms with E-state index in [2.05, 4.69) is 9.47 Å². The third-order valence-electron chi connectivity index (χ3n) is 0.895. The molecule has 12 heavy (non-hydrogen) atoms. The average Bonchev–Trinajstić information content (AvgIpc) is 1.84. The van der Waals surface area contributed by atoms with Crippen LogP contribution in [0.2, 0.25) is 0 Å². The van der Waals surface area contributed by atoms with Crippen molar-refractivity contribution in [1.29, 1.82) is 0 Å². The van der Waals surface area contributed by atoms with Gasteiger partial charge in [-0.1, -0.05) is 0 Å². The molecule has 0 bridgehead atoms. The number of halogens is 3. The molecule has 0 unspecified atom stereocenters. The first-order valence-electron chi connectivity index (χ1n) is 3.17. The van der Waals surface area contributed by atoms with Crippen LogP contribution in [0, 0.1) is 0 Å². The number of methoxy groups -OCH3 is 1. The van der Waals surface area contributed by atoms with Gasteiger partial charge in [0.25, 0.3) is 0 Å². The van der Waals surface area contributed by atoms with Crippen molar-refractivity contribution in [3.8, 4) is 0 Å². The number of esters is 1. The van der Waals surface area contributed by atoms with Gasteiger partial charge in [0.15, 0.2) is 0 Å². The van der Waals surface area contributed by atoms with E-state index in [0.29, 0.717) is 0 Å². The molecule has 0 rings (SSSR count). The highest BCUT2D eigenvalue weighted by atomic mass is 19.4. The minimum Gasteiger partial charge on any atom is -0.463 e. The van der Waals surface area contributed by atoms with Crippen molar-refractivity contribution in [1.82, 2.24) is 0 Å². The Hall–Kier alpha value is -0.780. The maximum atomic E-state index is 11.5. The fourth-order valence-corrected chi connectivity index (χ4v) is 0.454. The van der Waals surface area contributed by atoms with Crippen LogP contribution in [-0.2, 0) is 14.3 Å². The van der Waals surface area contributed by atoms with Gasteiger partial charge < -0.3 is 9.47 Å². The normalized spacial score (nSPS) is 11.3. The van der Waals surface area contributed by atoms with Gasteiger partial charge in [0.1, 0.15) is 13.0 Å². The molecule has 0 saturated heterocycles. The molecule has 0 N–H and O–H groups in total. The van der Waals surface area contributed by atoms with Crippen LogP contribution in [-0.4, -0.2) is 32.5 Å². The lowest BCUT2D eigenvalue weighted by atomic mass is 10.4. The molecule has 0 aliphatic rings. The van der Waals surface area contributed by atoms with Crippen molar-refractivity contribution < 1.29 is 27.4 Å². The van der Waals surface area contributed by atoms with E-state index in [1.807, 2.05) is 0 Å². The molecule has 0 aromatic rings. The number of hydrogen-bond donors (Lipinski definition) is 0. The van der Waals surface area contributed by atoms with E-state index in [9.17, 15) is 18.0 Å². The zero-order valence-corrected chi connectivity index (χ0v) is 6.48. The summed E-state index contributed by atoms with van der Waals surface area (Å²) in [6.07, 6.45) is -6.04. The molecule has 0 atom stereocenters. The lowest BCUT2D eigenvalue weighted by Gasteiger charge is -2.06. The highest BCUT2D eigenvalue weighted by Gasteiger charge is 2.31. The summed E-state index contributed by atoms with van der Waals surface area (Å²) >= 11 is 0. The Bertz CT molecular complexity index is 143. The fraction of sp³-hybridized carbons (Fsp3) is 0.833. The number of alkyl halides is 3. The first-order chi connectivity index (χ1) is 5.45. The number of hydrogen-bond acceptors (Lipinski definition) is 3. The highest BCUT2D eigenvalue weighted by Crippen LogP contribution is 2.19. The third-order valence-corrected chi connectivity index (χ3v) is 0.895. The fourth-order valence-electron chi connectivity index (χ4n) is 0.454. The molecule has 0 aliphatic carbocycles. The molecule has 72 valence electrons. The summed E-state index contributed by atoms with van der Waals surface area (Å²) in [5.74, 6) is -1.28. The number of ether oxygens (including phenoxy) is 2. The van der Waals surface area contributed by atoms with Crippen molar-refractivity contribution in [3.63, 3.8) is 0 Å². The van der Waals surface area contributed by atoms with E-state index in [-0.39, 0.29) is 13.2 Å². The topological polar surface area (TPSA) is 35.5 Å². The van der Waals surface area contributed by atoms with Gasteiger partial charge in [-0.2, -0.15) is 13.2 Å². The Balaban J connectivity index is 3.47. The Kier molecular flexibility index (Phi) is 4.65. The highest BCUT2D eigenvalue weighted by molar-refractivity contribution is 5.70. The number of rotatable bonds is 4. The molecule has 6 heteroatoms. The van der Waals surface area contributed by atoms with Crippen molar-refractivity contribution in [2.24, 2.45) is 0 Å². The Morgan fingerprint density at radius 1 is 1.33 bits per heavy atom. The van der Waals surface area contributed by atoms with Gasteiger partial charge in [-0.15, -0.1) is 0 Å². The first kappa shape index (κ1) is 11.2.